The first-order chi connectivity index (χ1) is 17.4. The number of fused-ring (bicyclic) bond motifs is 1. The molecule has 0 saturated carbocycles. The number of nitrogens with zero attached hydrogens (tertiary/aromatic N) is 3. The number of nitrogens with one attached hydrogen (secondary N) is 1. The van der Waals surface area contributed by atoms with Crippen molar-refractivity contribution < 1.29 is 18.7 Å². The fraction of sp³-hybridized carbons (Fsp3) is 0.346. The summed E-state index contributed by atoms with van der Waals surface area (Å²) < 4.78 is 23.9. The predicted molar refractivity (Wildman–Crippen MR) is 134 cm³/mol. The van der Waals surface area contributed by atoms with Gasteiger partial charge in [-0.25, -0.2) is 9.37 Å². The lowest BCUT2D eigenvalue weighted by atomic mass is 10.1. The number of carbonyl (C=O) groups is 1. The molecule has 0 aliphatic carbocycles. The second kappa shape index (κ2) is 10.7. The molecule has 5 rings (SSSR count). The molecule has 1 amide bonds. The third-order valence-corrected chi connectivity index (χ3v) is 7.33. The number of aromatic nitrogens is 2. The third kappa shape index (κ3) is 5.71. The van der Waals surface area contributed by atoms with Crippen LogP contribution in [0.15, 0.2) is 52.4 Å². The summed E-state index contributed by atoms with van der Waals surface area (Å²) in [6.07, 6.45) is 0.0270. The molecular weight excluding hydrogens is 483 g/mol. The predicted octanol–water partition coefficient (Wildman–Crippen LogP) is 3.13. The summed E-state index contributed by atoms with van der Waals surface area (Å²) in [5.74, 6) is 1.74. The molecule has 0 unspecified atom stereocenters. The fourth-order valence-corrected chi connectivity index (χ4v) is 5.17. The largest absolute Gasteiger partial charge is 0.454 e. The molecule has 3 heterocycles. The summed E-state index contributed by atoms with van der Waals surface area (Å²) in [5.41, 5.74) is 2.73. The highest BCUT2D eigenvalue weighted by atomic mass is 32.2. The number of aryl methyl sites for hydroxylation is 1. The second-order valence-electron chi connectivity index (χ2n) is 8.87. The standard InChI is InChI=1S/C26H27FN4O4S/c1-17-21(25(33)29-26(28-17)36-15-18-2-5-20(27)6-3-18)13-24(32)31-10-8-30(9-11-31)14-19-4-7-22-23(12-19)35-16-34-22/h2-7,12H,8-11,13-16H2,1H3,(H,28,29,33). The van der Waals surface area contributed by atoms with E-state index in [1.54, 1.807) is 19.1 Å². The van der Waals surface area contributed by atoms with E-state index in [9.17, 15) is 14.0 Å². The van der Waals surface area contributed by atoms with E-state index in [1.165, 1.54) is 23.9 Å². The maximum atomic E-state index is 13.1. The minimum Gasteiger partial charge on any atom is -0.454 e. The van der Waals surface area contributed by atoms with Crippen LogP contribution in [0.1, 0.15) is 22.4 Å². The molecule has 2 aromatic carbocycles. The monoisotopic (exact) mass is 510 g/mol. The number of rotatable bonds is 7. The summed E-state index contributed by atoms with van der Waals surface area (Å²) in [6.45, 7) is 5.52. The summed E-state index contributed by atoms with van der Waals surface area (Å²) in [7, 11) is 0. The van der Waals surface area contributed by atoms with Gasteiger partial charge in [0.1, 0.15) is 5.82 Å². The van der Waals surface area contributed by atoms with Gasteiger partial charge >= 0.3 is 0 Å². The number of halogens is 1. The molecule has 3 aromatic rings. The van der Waals surface area contributed by atoms with Crippen molar-refractivity contribution in [2.45, 2.75) is 30.8 Å². The molecule has 0 radical (unpaired) electrons. The Balaban J connectivity index is 1.13. The SMILES string of the molecule is Cc1nc(SCc2ccc(F)cc2)[nH]c(=O)c1CC(=O)N1CCN(Cc2ccc3c(c2)OCO3)CC1. The Bertz CT molecular complexity index is 1310. The van der Waals surface area contributed by atoms with Gasteiger partial charge in [-0.15, -0.1) is 0 Å². The molecule has 0 atom stereocenters. The number of aromatic amines is 1. The van der Waals surface area contributed by atoms with Crippen LogP contribution < -0.4 is 15.0 Å². The third-order valence-electron chi connectivity index (χ3n) is 6.39. The number of hydrogen-bond donors (Lipinski definition) is 1. The number of ether oxygens (including phenoxy) is 2. The Kier molecular flexibility index (Phi) is 7.24. The molecule has 1 aromatic heterocycles. The molecule has 1 N–H and O–H groups in total. The fourth-order valence-electron chi connectivity index (χ4n) is 4.31. The van der Waals surface area contributed by atoms with Gasteiger partial charge in [0.2, 0.25) is 12.7 Å². The Morgan fingerprint density at radius 2 is 1.78 bits per heavy atom. The van der Waals surface area contributed by atoms with Crippen molar-refractivity contribution in [3.8, 4) is 11.5 Å². The minimum absolute atomic E-state index is 0.0270. The zero-order valence-electron chi connectivity index (χ0n) is 20.0. The summed E-state index contributed by atoms with van der Waals surface area (Å²) in [4.78, 5) is 37.0. The number of thioether (sulfide) groups is 1. The van der Waals surface area contributed by atoms with E-state index in [2.05, 4.69) is 14.9 Å². The van der Waals surface area contributed by atoms with Crippen molar-refractivity contribution in [2.24, 2.45) is 0 Å². The van der Waals surface area contributed by atoms with Gasteiger partial charge in [-0.05, 0) is 42.3 Å². The van der Waals surface area contributed by atoms with Crippen molar-refractivity contribution in [1.82, 2.24) is 19.8 Å². The lowest BCUT2D eigenvalue weighted by Crippen LogP contribution is -2.49. The van der Waals surface area contributed by atoms with Crippen molar-refractivity contribution in [3.63, 3.8) is 0 Å². The van der Waals surface area contributed by atoms with Crippen LogP contribution >= 0.6 is 11.8 Å². The van der Waals surface area contributed by atoms with Gasteiger partial charge in [0.25, 0.3) is 5.56 Å². The van der Waals surface area contributed by atoms with Crippen LogP contribution in [0.5, 0.6) is 11.5 Å². The van der Waals surface area contributed by atoms with Gasteiger partial charge in [0, 0.05) is 49.7 Å². The molecule has 1 saturated heterocycles. The Hall–Kier alpha value is -3.37. The average molecular weight is 511 g/mol. The maximum Gasteiger partial charge on any atom is 0.255 e. The van der Waals surface area contributed by atoms with Gasteiger partial charge in [0.05, 0.1) is 6.42 Å². The molecule has 2 aliphatic heterocycles. The highest BCUT2D eigenvalue weighted by molar-refractivity contribution is 7.98. The summed E-state index contributed by atoms with van der Waals surface area (Å²) in [5, 5.41) is 0.482. The van der Waals surface area contributed by atoms with Crippen LogP contribution in [-0.4, -0.2) is 58.6 Å². The lowest BCUT2D eigenvalue weighted by Gasteiger charge is -2.34. The molecule has 10 heteroatoms. The molecule has 8 nitrogen and oxygen atoms in total. The average Bonchev–Trinajstić information content (AvgIpc) is 3.34. The van der Waals surface area contributed by atoms with Crippen LogP contribution in [-0.2, 0) is 23.5 Å². The van der Waals surface area contributed by atoms with E-state index in [0.717, 1.165) is 42.3 Å². The Labute approximate surface area is 212 Å². The first-order valence-corrected chi connectivity index (χ1v) is 12.8. The second-order valence-corrected chi connectivity index (χ2v) is 9.84. The highest BCUT2D eigenvalue weighted by Gasteiger charge is 2.24. The van der Waals surface area contributed by atoms with E-state index < -0.39 is 0 Å². The van der Waals surface area contributed by atoms with Gasteiger partial charge in [-0.1, -0.05) is 30.0 Å². The normalized spacial score (nSPS) is 15.3. The molecule has 0 bridgehead atoms. The number of H-pyrrole nitrogens is 1. The van der Waals surface area contributed by atoms with E-state index >= 15 is 0 Å². The molecule has 1 fully saturated rings. The van der Waals surface area contributed by atoms with E-state index in [-0.39, 0.29) is 30.5 Å². The number of amides is 1. The zero-order chi connectivity index (χ0) is 25.1. The molecule has 0 spiro atoms. The smallest absolute Gasteiger partial charge is 0.255 e. The van der Waals surface area contributed by atoms with Crippen molar-refractivity contribution in [2.75, 3.05) is 33.0 Å². The van der Waals surface area contributed by atoms with Gasteiger partial charge in [-0.3, -0.25) is 14.5 Å². The Morgan fingerprint density at radius 3 is 2.53 bits per heavy atom. The Morgan fingerprint density at radius 1 is 1.06 bits per heavy atom. The number of benzene rings is 2. The first-order valence-electron chi connectivity index (χ1n) is 11.8. The maximum absolute atomic E-state index is 13.1. The van der Waals surface area contributed by atoms with E-state index in [0.29, 0.717) is 35.3 Å². The molecular formula is C26H27FN4O4S. The molecule has 36 heavy (non-hydrogen) atoms. The summed E-state index contributed by atoms with van der Waals surface area (Å²) >= 11 is 1.37. The number of piperazine rings is 1. The van der Waals surface area contributed by atoms with Crippen LogP contribution in [0.2, 0.25) is 0 Å². The van der Waals surface area contributed by atoms with E-state index in [1.807, 2.05) is 23.1 Å². The van der Waals surface area contributed by atoms with Crippen molar-refractivity contribution in [1.29, 1.82) is 0 Å². The van der Waals surface area contributed by atoms with Gasteiger partial charge < -0.3 is 19.4 Å². The molecule has 188 valence electrons. The van der Waals surface area contributed by atoms with E-state index in [4.69, 9.17) is 9.47 Å². The van der Waals surface area contributed by atoms with Crippen LogP contribution in [0.3, 0.4) is 0 Å². The van der Waals surface area contributed by atoms with Crippen molar-refractivity contribution >= 4 is 17.7 Å². The minimum atomic E-state index is -0.293. The van der Waals surface area contributed by atoms with Crippen LogP contribution in [0.4, 0.5) is 4.39 Å². The summed E-state index contributed by atoms with van der Waals surface area (Å²) in [6, 6.07) is 12.2. The topological polar surface area (TPSA) is 87.8 Å². The van der Waals surface area contributed by atoms with Crippen LogP contribution in [0.25, 0.3) is 0 Å². The molecule has 2 aliphatic rings. The number of hydrogen-bond acceptors (Lipinski definition) is 7. The quantitative estimate of drug-likeness (QED) is 0.386. The van der Waals surface area contributed by atoms with Gasteiger partial charge in [0.15, 0.2) is 16.7 Å². The van der Waals surface area contributed by atoms with Crippen molar-refractivity contribution in [3.05, 3.63) is 81.0 Å². The lowest BCUT2D eigenvalue weighted by molar-refractivity contribution is -0.132. The zero-order valence-corrected chi connectivity index (χ0v) is 20.8. The number of carbonyl (C=O) groups excluding carboxylic acids is 1. The highest BCUT2D eigenvalue weighted by Crippen LogP contribution is 2.32. The van der Waals surface area contributed by atoms with Gasteiger partial charge in [-0.2, -0.15) is 0 Å². The first kappa shape index (κ1) is 24.3. The van der Waals surface area contributed by atoms with Crippen LogP contribution in [0, 0.1) is 12.7 Å².